The molecule has 0 amide bonds. The molecule has 122 valence electrons. The number of hydrogen-bond acceptors (Lipinski definition) is 3. The molecule has 0 unspecified atom stereocenters. The van der Waals surface area contributed by atoms with Crippen molar-refractivity contribution in [2.45, 2.75) is 32.6 Å². The van der Waals surface area contributed by atoms with Gasteiger partial charge in [-0.25, -0.2) is 4.98 Å². The summed E-state index contributed by atoms with van der Waals surface area (Å²) in [6, 6.07) is 6.09. The number of hydrogen-bond donors (Lipinski definition) is 1. The van der Waals surface area contributed by atoms with Crippen LogP contribution in [-0.2, 0) is 0 Å². The van der Waals surface area contributed by atoms with Crippen LogP contribution in [-0.4, -0.2) is 55.6 Å². The summed E-state index contributed by atoms with van der Waals surface area (Å²) in [5.41, 5.74) is 0. The maximum absolute atomic E-state index is 4.43. The fraction of sp³-hybridized carbons (Fsp3) is 0.647. The lowest BCUT2D eigenvalue weighted by atomic mass is 10.2. The maximum Gasteiger partial charge on any atom is 0.193 e. The van der Waals surface area contributed by atoms with Gasteiger partial charge in [-0.05, 0) is 18.6 Å². The predicted molar refractivity (Wildman–Crippen MR) is 93.5 cm³/mol. The zero-order valence-corrected chi connectivity index (χ0v) is 14.0. The van der Waals surface area contributed by atoms with E-state index in [0.29, 0.717) is 0 Å². The molecule has 1 saturated heterocycles. The molecule has 0 atom stereocenters. The Morgan fingerprint density at radius 3 is 2.64 bits per heavy atom. The molecule has 1 aromatic rings. The fourth-order valence-corrected chi connectivity index (χ4v) is 2.77. The van der Waals surface area contributed by atoms with Crippen LogP contribution in [0.15, 0.2) is 29.4 Å². The van der Waals surface area contributed by atoms with Crippen LogP contribution in [0.2, 0.25) is 0 Å². The topological polar surface area (TPSA) is 43.8 Å². The van der Waals surface area contributed by atoms with Gasteiger partial charge in [0.15, 0.2) is 5.96 Å². The number of unbranched alkanes of at least 4 members (excludes halogenated alkanes) is 3. The average Bonchev–Trinajstić information content (AvgIpc) is 2.59. The molecule has 5 nitrogen and oxygen atoms in total. The van der Waals surface area contributed by atoms with Gasteiger partial charge in [0.25, 0.3) is 0 Å². The summed E-state index contributed by atoms with van der Waals surface area (Å²) in [5.74, 6) is 2.11. The number of guanidine groups is 1. The van der Waals surface area contributed by atoms with Crippen LogP contribution < -0.4 is 10.2 Å². The Labute approximate surface area is 134 Å². The standard InChI is InChI=1S/C17H29N5/c1-3-4-5-7-11-20-17(18-2)22-14-12-21(13-15-22)16-9-6-8-10-19-16/h6,8-10H,3-5,7,11-15H2,1-2H3,(H,18,20). The lowest BCUT2D eigenvalue weighted by Gasteiger charge is -2.37. The van der Waals surface area contributed by atoms with E-state index >= 15 is 0 Å². The SMILES string of the molecule is CCCCCCNC(=NC)N1CCN(c2ccccn2)CC1. The molecular formula is C17H29N5. The number of nitrogens with one attached hydrogen (secondary N) is 1. The second kappa shape index (κ2) is 9.28. The zero-order chi connectivity index (χ0) is 15.6. The van der Waals surface area contributed by atoms with E-state index < -0.39 is 0 Å². The van der Waals surface area contributed by atoms with Crippen molar-refractivity contribution in [1.82, 2.24) is 15.2 Å². The fourth-order valence-electron chi connectivity index (χ4n) is 2.77. The first-order valence-corrected chi connectivity index (χ1v) is 8.46. The summed E-state index contributed by atoms with van der Waals surface area (Å²) in [5, 5.41) is 3.49. The molecule has 1 aliphatic rings. The van der Waals surface area contributed by atoms with Crippen molar-refractivity contribution in [3.05, 3.63) is 24.4 Å². The Kier molecular flexibility index (Phi) is 7.00. The Balaban J connectivity index is 1.75. The van der Waals surface area contributed by atoms with Crippen LogP contribution in [0.4, 0.5) is 5.82 Å². The van der Waals surface area contributed by atoms with E-state index in [1.54, 1.807) is 0 Å². The van der Waals surface area contributed by atoms with E-state index in [2.05, 4.69) is 38.1 Å². The van der Waals surface area contributed by atoms with E-state index in [4.69, 9.17) is 0 Å². The third-order valence-electron chi connectivity index (χ3n) is 4.08. The van der Waals surface area contributed by atoms with Gasteiger partial charge in [0.1, 0.15) is 5.82 Å². The van der Waals surface area contributed by atoms with Crippen molar-refractivity contribution in [1.29, 1.82) is 0 Å². The average molecular weight is 303 g/mol. The first-order chi connectivity index (χ1) is 10.8. The number of aromatic nitrogens is 1. The summed E-state index contributed by atoms with van der Waals surface area (Å²) < 4.78 is 0. The lowest BCUT2D eigenvalue weighted by Crippen LogP contribution is -2.52. The molecule has 0 aliphatic carbocycles. The summed E-state index contributed by atoms with van der Waals surface area (Å²) in [6.45, 7) is 7.23. The van der Waals surface area contributed by atoms with E-state index in [-0.39, 0.29) is 0 Å². The van der Waals surface area contributed by atoms with Crippen LogP contribution >= 0.6 is 0 Å². The summed E-state index contributed by atoms with van der Waals surface area (Å²) in [6.07, 6.45) is 6.99. The van der Waals surface area contributed by atoms with Gasteiger partial charge < -0.3 is 15.1 Å². The first-order valence-electron chi connectivity index (χ1n) is 8.46. The van der Waals surface area contributed by atoms with Crippen LogP contribution in [0.5, 0.6) is 0 Å². The van der Waals surface area contributed by atoms with Crippen molar-refractivity contribution in [3.8, 4) is 0 Å². The molecule has 0 bridgehead atoms. The maximum atomic E-state index is 4.43. The molecule has 5 heteroatoms. The Morgan fingerprint density at radius 2 is 2.00 bits per heavy atom. The summed E-state index contributed by atoms with van der Waals surface area (Å²) in [7, 11) is 1.87. The van der Waals surface area contributed by atoms with Gasteiger partial charge >= 0.3 is 0 Å². The lowest BCUT2D eigenvalue weighted by molar-refractivity contribution is 0.371. The molecule has 1 aliphatic heterocycles. The monoisotopic (exact) mass is 303 g/mol. The number of piperazine rings is 1. The van der Waals surface area contributed by atoms with Crippen molar-refractivity contribution in [2.24, 2.45) is 4.99 Å². The second-order valence-corrected chi connectivity index (χ2v) is 5.70. The molecule has 2 heterocycles. The van der Waals surface area contributed by atoms with Crippen molar-refractivity contribution >= 4 is 11.8 Å². The highest BCUT2D eigenvalue weighted by atomic mass is 15.4. The predicted octanol–water partition coefficient (Wildman–Crippen LogP) is 2.36. The van der Waals surface area contributed by atoms with Crippen LogP contribution in [0.1, 0.15) is 32.6 Å². The van der Waals surface area contributed by atoms with Gasteiger partial charge in [0.05, 0.1) is 0 Å². The molecule has 0 saturated carbocycles. The Hall–Kier alpha value is -1.78. The van der Waals surface area contributed by atoms with Gasteiger partial charge in [-0.15, -0.1) is 0 Å². The second-order valence-electron chi connectivity index (χ2n) is 5.70. The minimum atomic E-state index is 0.991. The molecule has 1 fully saturated rings. The van der Waals surface area contributed by atoms with Crippen molar-refractivity contribution in [2.75, 3.05) is 44.7 Å². The normalized spacial score (nSPS) is 16.0. The molecular weight excluding hydrogens is 274 g/mol. The number of pyridine rings is 1. The molecule has 2 rings (SSSR count). The van der Waals surface area contributed by atoms with E-state index in [1.807, 2.05) is 25.4 Å². The molecule has 0 aromatic carbocycles. The number of aliphatic imine (C=N–C) groups is 1. The minimum Gasteiger partial charge on any atom is -0.356 e. The van der Waals surface area contributed by atoms with Crippen molar-refractivity contribution < 1.29 is 0 Å². The summed E-state index contributed by atoms with van der Waals surface area (Å²) in [4.78, 5) is 13.5. The Bertz CT molecular complexity index is 438. The van der Waals surface area contributed by atoms with Crippen molar-refractivity contribution in [3.63, 3.8) is 0 Å². The highest BCUT2D eigenvalue weighted by Crippen LogP contribution is 2.12. The Morgan fingerprint density at radius 1 is 1.18 bits per heavy atom. The molecule has 0 spiro atoms. The first kappa shape index (κ1) is 16.6. The number of nitrogens with zero attached hydrogens (tertiary/aromatic N) is 4. The molecule has 1 N–H and O–H groups in total. The number of anilines is 1. The van der Waals surface area contributed by atoms with Crippen LogP contribution in [0.25, 0.3) is 0 Å². The quantitative estimate of drug-likeness (QED) is 0.498. The van der Waals surface area contributed by atoms with Crippen LogP contribution in [0, 0.1) is 0 Å². The highest BCUT2D eigenvalue weighted by molar-refractivity contribution is 5.80. The van der Waals surface area contributed by atoms with E-state index in [1.165, 1.54) is 25.7 Å². The third-order valence-corrected chi connectivity index (χ3v) is 4.08. The molecule has 0 radical (unpaired) electrons. The van der Waals surface area contributed by atoms with Gasteiger partial charge in [0.2, 0.25) is 0 Å². The van der Waals surface area contributed by atoms with Crippen LogP contribution in [0.3, 0.4) is 0 Å². The minimum absolute atomic E-state index is 0.991. The van der Waals surface area contributed by atoms with E-state index in [9.17, 15) is 0 Å². The van der Waals surface area contributed by atoms with Gasteiger partial charge in [0, 0.05) is 46.0 Å². The summed E-state index contributed by atoms with van der Waals surface area (Å²) >= 11 is 0. The van der Waals surface area contributed by atoms with E-state index in [0.717, 1.165) is 44.5 Å². The van der Waals surface area contributed by atoms with Gasteiger partial charge in [-0.1, -0.05) is 32.3 Å². The highest BCUT2D eigenvalue weighted by Gasteiger charge is 2.19. The molecule has 1 aromatic heterocycles. The third kappa shape index (κ3) is 4.90. The van der Waals surface area contributed by atoms with Gasteiger partial charge in [-0.2, -0.15) is 0 Å². The zero-order valence-electron chi connectivity index (χ0n) is 14.0. The largest absolute Gasteiger partial charge is 0.356 e. The molecule has 22 heavy (non-hydrogen) atoms. The van der Waals surface area contributed by atoms with Gasteiger partial charge in [-0.3, -0.25) is 4.99 Å². The smallest absolute Gasteiger partial charge is 0.193 e. The number of rotatable bonds is 6.